The molecule has 1 heterocycles. The van der Waals surface area contributed by atoms with Gasteiger partial charge in [-0.05, 0) is 47.2 Å². The molecule has 0 radical (unpaired) electrons. The summed E-state index contributed by atoms with van der Waals surface area (Å²) in [6.07, 6.45) is 1.10. The van der Waals surface area contributed by atoms with Gasteiger partial charge in [-0.2, -0.15) is 0 Å². The molecule has 0 bridgehead atoms. The minimum absolute atomic E-state index is 0.791. The van der Waals surface area contributed by atoms with Gasteiger partial charge in [0.25, 0.3) is 0 Å². The molecule has 1 N–H and O–H groups in total. The summed E-state index contributed by atoms with van der Waals surface area (Å²) in [6.45, 7) is 3.89. The van der Waals surface area contributed by atoms with Crippen molar-refractivity contribution in [2.24, 2.45) is 0 Å². The molecule has 0 atom stereocenters. The molecule has 2 aromatic rings. The van der Waals surface area contributed by atoms with E-state index in [1.165, 1.54) is 10.4 Å². The van der Waals surface area contributed by atoms with Gasteiger partial charge in [0, 0.05) is 27.5 Å². The van der Waals surface area contributed by atoms with Crippen LogP contribution in [-0.2, 0) is 19.5 Å². The molecule has 0 saturated heterocycles. The van der Waals surface area contributed by atoms with Gasteiger partial charge in [-0.25, -0.2) is 0 Å². The molecule has 4 heteroatoms. The van der Waals surface area contributed by atoms with Gasteiger partial charge in [-0.3, -0.25) is 0 Å². The van der Waals surface area contributed by atoms with Crippen molar-refractivity contribution in [2.45, 2.75) is 26.4 Å². The Labute approximate surface area is 125 Å². The van der Waals surface area contributed by atoms with E-state index in [9.17, 15) is 0 Å². The van der Waals surface area contributed by atoms with E-state index in [4.69, 9.17) is 11.6 Å². The molecule has 0 aliphatic heterocycles. The maximum Gasteiger partial charge on any atom is 0.0451 e. The first-order chi connectivity index (χ1) is 8.70. The number of halogens is 2. The molecule has 0 aliphatic carbocycles. The van der Waals surface area contributed by atoms with E-state index in [0.717, 1.165) is 34.6 Å². The van der Waals surface area contributed by atoms with Crippen molar-refractivity contribution in [1.82, 2.24) is 5.32 Å². The zero-order valence-corrected chi connectivity index (χ0v) is 13.3. The van der Waals surface area contributed by atoms with Gasteiger partial charge < -0.3 is 5.32 Å². The lowest BCUT2D eigenvalue weighted by atomic mass is 10.2. The smallest absolute Gasteiger partial charge is 0.0451 e. The highest BCUT2D eigenvalue weighted by molar-refractivity contribution is 9.10. The number of hydrogen-bond donors (Lipinski definition) is 1. The Hall–Kier alpha value is -0.350. The normalized spacial score (nSPS) is 10.8. The van der Waals surface area contributed by atoms with Crippen LogP contribution >= 0.6 is 38.9 Å². The molecule has 0 amide bonds. The highest BCUT2D eigenvalue weighted by atomic mass is 79.9. The van der Waals surface area contributed by atoms with Gasteiger partial charge in [-0.1, -0.05) is 34.5 Å². The average molecular weight is 345 g/mol. The third kappa shape index (κ3) is 3.58. The van der Waals surface area contributed by atoms with Gasteiger partial charge in [0.2, 0.25) is 0 Å². The summed E-state index contributed by atoms with van der Waals surface area (Å²) >= 11 is 11.4. The lowest BCUT2D eigenvalue weighted by Gasteiger charge is -2.07. The second-order valence-electron chi connectivity index (χ2n) is 4.06. The van der Waals surface area contributed by atoms with Crippen molar-refractivity contribution < 1.29 is 0 Å². The SMILES string of the molecule is CCc1ccsc1CNCc1cc(Br)ccc1Cl. The van der Waals surface area contributed by atoms with Crippen molar-refractivity contribution in [2.75, 3.05) is 0 Å². The van der Waals surface area contributed by atoms with Gasteiger partial charge in [0.1, 0.15) is 0 Å². The Morgan fingerprint density at radius 3 is 2.83 bits per heavy atom. The van der Waals surface area contributed by atoms with Crippen LogP contribution in [0.15, 0.2) is 34.1 Å². The first kappa shape index (κ1) is 14.1. The fraction of sp³-hybridized carbons (Fsp3) is 0.286. The standard InChI is InChI=1S/C14H15BrClNS/c1-2-10-5-6-18-14(10)9-17-8-11-7-12(15)3-4-13(11)16/h3-7,17H,2,8-9H2,1H3. The minimum atomic E-state index is 0.791. The first-order valence-electron chi connectivity index (χ1n) is 5.90. The summed E-state index contributed by atoms with van der Waals surface area (Å²) in [5.41, 5.74) is 2.56. The number of hydrogen-bond acceptors (Lipinski definition) is 2. The van der Waals surface area contributed by atoms with Crippen molar-refractivity contribution in [3.8, 4) is 0 Å². The van der Waals surface area contributed by atoms with Crippen LogP contribution in [0.3, 0.4) is 0 Å². The Morgan fingerprint density at radius 1 is 1.22 bits per heavy atom. The molecule has 0 fully saturated rings. The average Bonchev–Trinajstić information content (AvgIpc) is 2.81. The highest BCUT2D eigenvalue weighted by Gasteiger charge is 2.04. The fourth-order valence-electron chi connectivity index (χ4n) is 1.83. The summed E-state index contributed by atoms with van der Waals surface area (Å²) < 4.78 is 1.06. The van der Waals surface area contributed by atoms with Gasteiger partial charge in [-0.15, -0.1) is 11.3 Å². The van der Waals surface area contributed by atoms with Crippen LogP contribution in [0.5, 0.6) is 0 Å². The van der Waals surface area contributed by atoms with E-state index in [1.807, 2.05) is 23.5 Å². The number of thiophene rings is 1. The van der Waals surface area contributed by atoms with Gasteiger partial charge in [0.15, 0.2) is 0 Å². The summed E-state index contributed by atoms with van der Waals surface area (Å²) in [5.74, 6) is 0. The van der Waals surface area contributed by atoms with Crippen LogP contribution in [-0.4, -0.2) is 0 Å². The highest BCUT2D eigenvalue weighted by Crippen LogP contribution is 2.21. The second-order valence-corrected chi connectivity index (χ2v) is 6.39. The molecular weight excluding hydrogens is 330 g/mol. The number of nitrogens with one attached hydrogen (secondary N) is 1. The lowest BCUT2D eigenvalue weighted by Crippen LogP contribution is -2.13. The number of rotatable bonds is 5. The Balaban J connectivity index is 1.94. The van der Waals surface area contributed by atoms with Gasteiger partial charge >= 0.3 is 0 Å². The van der Waals surface area contributed by atoms with Crippen molar-refractivity contribution in [3.63, 3.8) is 0 Å². The molecule has 2 rings (SSSR count). The summed E-state index contributed by atoms with van der Waals surface area (Å²) in [4.78, 5) is 1.42. The molecule has 0 unspecified atom stereocenters. The maximum atomic E-state index is 6.16. The molecule has 0 spiro atoms. The van der Waals surface area contributed by atoms with E-state index in [1.54, 1.807) is 0 Å². The van der Waals surface area contributed by atoms with E-state index < -0.39 is 0 Å². The van der Waals surface area contributed by atoms with Crippen molar-refractivity contribution in [1.29, 1.82) is 0 Å². The molecule has 0 aliphatic rings. The predicted molar refractivity (Wildman–Crippen MR) is 83.4 cm³/mol. The number of aryl methyl sites for hydroxylation is 1. The molecule has 1 aromatic heterocycles. The van der Waals surface area contributed by atoms with Crippen LogP contribution in [0, 0.1) is 0 Å². The van der Waals surface area contributed by atoms with Crippen LogP contribution < -0.4 is 5.32 Å². The third-order valence-corrected chi connectivity index (χ3v) is 4.65. The molecule has 1 nitrogen and oxygen atoms in total. The quantitative estimate of drug-likeness (QED) is 0.803. The van der Waals surface area contributed by atoms with Crippen molar-refractivity contribution in [3.05, 3.63) is 55.1 Å². The number of benzene rings is 1. The van der Waals surface area contributed by atoms with Crippen LogP contribution in [0.1, 0.15) is 22.9 Å². The molecule has 0 saturated carbocycles. The van der Waals surface area contributed by atoms with E-state index in [2.05, 4.69) is 45.7 Å². The zero-order chi connectivity index (χ0) is 13.0. The van der Waals surface area contributed by atoms with Gasteiger partial charge in [0.05, 0.1) is 0 Å². The largest absolute Gasteiger partial charge is 0.308 e. The van der Waals surface area contributed by atoms with Crippen LogP contribution in [0.25, 0.3) is 0 Å². The van der Waals surface area contributed by atoms with E-state index >= 15 is 0 Å². The first-order valence-corrected chi connectivity index (χ1v) is 7.95. The Bertz CT molecular complexity index is 524. The molecular formula is C14H15BrClNS. The van der Waals surface area contributed by atoms with Crippen LogP contribution in [0.4, 0.5) is 0 Å². The maximum absolute atomic E-state index is 6.16. The topological polar surface area (TPSA) is 12.0 Å². The fourth-order valence-corrected chi connectivity index (χ4v) is 3.37. The predicted octanol–water partition coefficient (Wildman–Crippen LogP) is 5.02. The zero-order valence-electron chi connectivity index (χ0n) is 10.2. The summed E-state index contributed by atoms with van der Waals surface area (Å²) in [7, 11) is 0. The van der Waals surface area contributed by atoms with E-state index in [0.29, 0.717) is 0 Å². The summed E-state index contributed by atoms with van der Waals surface area (Å²) in [6, 6.07) is 8.14. The third-order valence-electron chi connectivity index (χ3n) is 2.83. The van der Waals surface area contributed by atoms with Crippen LogP contribution in [0.2, 0.25) is 5.02 Å². The summed E-state index contributed by atoms with van der Waals surface area (Å²) in [5, 5.41) is 6.42. The monoisotopic (exact) mass is 343 g/mol. The Kier molecular flexibility index (Phi) is 5.25. The Morgan fingerprint density at radius 2 is 2.06 bits per heavy atom. The molecule has 96 valence electrons. The molecule has 1 aromatic carbocycles. The van der Waals surface area contributed by atoms with E-state index in [-0.39, 0.29) is 0 Å². The minimum Gasteiger partial charge on any atom is -0.308 e. The second kappa shape index (κ2) is 6.71. The molecule has 18 heavy (non-hydrogen) atoms. The lowest BCUT2D eigenvalue weighted by molar-refractivity contribution is 0.697. The van der Waals surface area contributed by atoms with Crippen molar-refractivity contribution >= 4 is 38.9 Å².